The van der Waals surface area contributed by atoms with Crippen LogP contribution in [0, 0.1) is 5.92 Å². The number of nitrogens with two attached hydrogens (primary N) is 2. The van der Waals surface area contributed by atoms with E-state index in [0.29, 0.717) is 0 Å². The second-order valence-electron chi connectivity index (χ2n) is 17.5. The molecule has 0 fully saturated rings. The van der Waals surface area contributed by atoms with Crippen LogP contribution >= 0.6 is 35.2 Å². The van der Waals surface area contributed by atoms with Gasteiger partial charge >= 0.3 is 34.5 Å². The molecule has 10 rings (SSSR count). The van der Waals surface area contributed by atoms with E-state index in [1.54, 1.807) is 14.2 Å². The molecule has 0 unspecified atom stereocenters. The van der Waals surface area contributed by atoms with Crippen LogP contribution in [0.15, 0.2) is 243 Å². The molecule has 0 spiro atoms. The number of hydrogen-bond acceptors (Lipinski definition) is 4. The Labute approximate surface area is 443 Å². The predicted octanol–water partition coefficient (Wildman–Crippen LogP) is 13.4. The van der Waals surface area contributed by atoms with Crippen molar-refractivity contribution in [3.63, 3.8) is 0 Å². The van der Waals surface area contributed by atoms with Crippen LogP contribution in [0.5, 0.6) is 11.5 Å². The fraction of sp³-hybridized carbons (Fsp3) is 0.111. The van der Waals surface area contributed by atoms with E-state index in [9.17, 15) is 0 Å². The third kappa shape index (κ3) is 11.7. The minimum Gasteiger partial charge on any atom is -0.0622 e. The van der Waals surface area contributed by atoms with Crippen molar-refractivity contribution in [3.8, 4) is 22.6 Å². The molecule has 4 nitrogen and oxygen atoms in total. The van der Waals surface area contributed by atoms with Gasteiger partial charge in [-0.05, 0) is 122 Å². The smallest absolute Gasteiger partial charge is 0.000884 e. The first-order valence-corrected chi connectivity index (χ1v) is 30.9. The summed E-state index contributed by atoms with van der Waals surface area (Å²) in [5.41, 5.74) is 17.2. The quantitative estimate of drug-likeness (QED) is 0.0892. The van der Waals surface area contributed by atoms with Crippen LogP contribution in [0.3, 0.4) is 0 Å². The summed E-state index contributed by atoms with van der Waals surface area (Å²) >= 11 is -0.346. The van der Waals surface area contributed by atoms with Gasteiger partial charge in [0, 0.05) is 6.04 Å². The fourth-order valence-corrected chi connectivity index (χ4v) is 14.3. The third-order valence-corrected chi connectivity index (χ3v) is 17.9. The van der Waals surface area contributed by atoms with Gasteiger partial charge in [0.15, 0.2) is 0 Å². The summed E-state index contributed by atoms with van der Waals surface area (Å²) in [4.78, 5) is 0. The summed E-state index contributed by atoms with van der Waals surface area (Å²) in [5, 5.41) is 13.3. The number of rotatable bonds is 13. The molecule has 4 N–H and O–H groups in total. The van der Waals surface area contributed by atoms with Crippen LogP contribution in [0.25, 0.3) is 32.7 Å². The molecule has 10 aromatic carbocycles. The maximum absolute atomic E-state index is 6.86. The minimum absolute atomic E-state index is 0.226. The first-order chi connectivity index (χ1) is 35.2. The van der Waals surface area contributed by atoms with Crippen LogP contribution < -0.4 is 52.8 Å². The molecular weight excluding hydrogens is 1050 g/mol. The van der Waals surface area contributed by atoms with Crippen molar-refractivity contribution in [2.24, 2.45) is 17.4 Å². The first kappa shape index (κ1) is 52.6. The Morgan fingerprint density at radius 3 is 1.00 bits per heavy atom. The van der Waals surface area contributed by atoms with Crippen molar-refractivity contribution < 1.29 is 24.6 Å². The molecule has 0 saturated heterocycles. The van der Waals surface area contributed by atoms with E-state index in [4.69, 9.17) is 40.3 Å². The molecule has 364 valence electrons. The summed E-state index contributed by atoms with van der Waals surface area (Å²) in [6, 6.07) is 87.1. The van der Waals surface area contributed by atoms with E-state index in [1.165, 1.54) is 64.5 Å². The van der Waals surface area contributed by atoms with Gasteiger partial charge in [-0.1, -0.05) is 232 Å². The number of hydrogen-bond donors (Lipinski definition) is 2. The Morgan fingerprint density at radius 1 is 0.417 bits per heavy atom. The van der Waals surface area contributed by atoms with E-state index < -0.39 is 21.4 Å². The molecule has 0 radical (unpaired) electrons. The Bertz CT molecular complexity index is 2990. The van der Waals surface area contributed by atoms with Gasteiger partial charge in [-0.2, -0.15) is 0 Å². The molecule has 0 heterocycles. The van der Waals surface area contributed by atoms with Crippen molar-refractivity contribution in [1.29, 1.82) is 0 Å². The molecule has 10 aromatic rings. The molecule has 0 amide bonds. The SMILES string of the molecule is COc1ccc(C(N)(c2ccc(OC)cc2)[C@H](N)C(C)C)cc1.[Cl][Ru][Cl].c1ccc(P(c2ccccc2)c2ccc3ccccc3c2-c2c(P(c3ccccc3)c3ccccc3)ccc3ccccc23)cc1. The van der Waals surface area contributed by atoms with E-state index in [2.05, 4.69) is 208 Å². The molecule has 0 aliphatic heterocycles. The molecule has 1 atom stereocenters. The third-order valence-electron chi connectivity index (χ3n) is 13.0. The van der Waals surface area contributed by atoms with Gasteiger partial charge in [0.1, 0.15) is 11.5 Å². The van der Waals surface area contributed by atoms with Crippen LogP contribution in [0.4, 0.5) is 0 Å². The van der Waals surface area contributed by atoms with E-state index in [-0.39, 0.29) is 27.1 Å². The molecule has 9 heteroatoms. The monoisotopic (exact) mass is 1110 g/mol. The molecular formula is C63H58Cl2N2O2P2Ru. The van der Waals surface area contributed by atoms with Gasteiger partial charge in [0.05, 0.1) is 19.8 Å². The number of benzene rings is 10. The zero-order valence-electron chi connectivity index (χ0n) is 40.7. The first-order valence-electron chi connectivity index (χ1n) is 23.7. The van der Waals surface area contributed by atoms with Gasteiger partial charge in [-0.3, -0.25) is 0 Å². The van der Waals surface area contributed by atoms with Crippen molar-refractivity contribution in [1.82, 2.24) is 0 Å². The second-order valence-corrected chi connectivity index (χ2v) is 24.5. The Hall–Kier alpha value is -5.70. The number of methoxy groups -OCH3 is 2. The Balaban J connectivity index is 0.000000224. The molecule has 0 bridgehead atoms. The number of fused-ring (bicyclic) bond motifs is 2. The van der Waals surface area contributed by atoms with E-state index >= 15 is 0 Å². The minimum atomic E-state index is -0.852. The molecule has 0 aliphatic rings. The van der Waals surface area contributed by atoms with E-state index in [0.717, 1.165) is 22.6 Å². The van der Waals surface area contributed by atoms with Gasteiger partial charge in [-0.25, -0.2) is 0 Å². The van der Waals surface area contributed by atoms with Gasteiger partial charge in [0.2, 0.25) is 0 Å². The summed E-state index contributed by atoms with van der Waals surface area (Å²) in [7, 11) is 11.3. The average molecular weight is 1110 g/mol. The summed E-state index contributed by atoms with van der Waals surface area (Å²) in [6.07, 6.45) is 0. The van der Waals surface area contributed by atoms with Crippen molar-refractivity contribution in [2.75, 3.05) is 14.2 Å². The fourth-order valence-electron chi connectivity index (χ4n) is 9.39. The Morgan fingerprint density at radius 2 is 0.708 bits per heavy atom. The Kier molecular flexibility index (Phi) is 18.5. The van der Waals surface area contributed by atoms with Crippen molar-refractivity contribution in [3.05, 3.63) is 254 Å². The maximum atomic E-state index is 6.86. The van der Waals surface area contributed by atoms with Gasteiger partial charge < -0.3 is 20.9 Å². The van der Waals surface area contributed by atoms with Gasteiger partial charge in [-0.15, -0.1) is 0 Å². The number of halogens is 2. The van der Waals surface area contributed by atoms with Crippen molar-refractivity contribution in [2.45, 2.75) is 25.4 Å². The topological polar surface area (TPSA) is 70.5 Å². The second kappa shape index (κ2) is 25.3. The van der Waals surface area contributed by atoms with Gasteiger partial charge in [0.25, 0.3) is 0 Å². The van der Waals surface area contributed by atoms with E-state index in [1.807, 2.05) is 48.5 Å². The standard InChI is InChI=1S/C44H32P2.C19H26N2O2.2ClH.Ru/c1-5-19-35(20-6-1)45(36-21-7-2-8-22-36)41-31-29-33-17-13-15-27-39(33)43(41)44-40-28-16-14-18-34(40)30-32-42(44)46(37-23-9-3-10-24-37)38-25-11-4-12-26-38;1-13(2)18(20)19(21,14-5-9-16(22-3)10-6-14)15-7-11-17(23-4)12-8-15;;;/h1-32H;5-13,18H,20-21H2,1-4H3;2*1H;/q;;;;+2/p-2/t;18-;;;/m.1.../s1. The summed E-state index contributed by atoms with van der Waals surface area (Å²) < 4.78 is 10.5. The maximum Gasteiger partial charge on any atom is -0.000884 e. The van der Waals surface area contributed by atoms with Crippen LogP contribution in [0.2, 0.25) is 0 Å². The van der Waals surface area contributed by atoms with Crippen molar-refractivity contribution >= 4 is 88.6 Å². The normalized spacial score (nSPS) is 11.8. The zero-order chi connectivity index (χ0) is 50.5. The van der Waals surface area contributed by atoms with Crippen LogP contribution in [-0.2, 0) is 20.7 Å². The molecule has 0 aromatic heterocycles. The number of ether oxygens (including phenoxy) is 2. The predicted molar refractivity (Wildman–Crippen MR) is 310 cm³/mol. The largest absolute Gasteiger partial charge is 0.0622 e. The summed E-state index contributed by atoms with van der Waals surface area (Å²) in [5.74, 6) is 1.82. The van der Waals surface area contributed by atoms with Crippen LogP contribution in [0.1, 0.15) is 25.0 Å². The molecule has 0 saturated carbocycles. The summed E-state index contributed by atoms with van der Waals surface area (Å²) in [6.45, 7) is 4.17. The average Bonchev–Trinajstić information content (AvgIpc) is 3.44. The molecule has 72 heavy (non-hydrogen) atoms. The zero-order valence-corrected chi connectivity index (χ0v) is 45.8. The van der Waals surface area contributed by atoms with Crippen LogP contribution in [-0.4, -0.2) is 20.3 Å². The molecule has 0 aliphatic carbocycles.